The van der Waals surface area contributed by atoms with E-state index in [9.17, 15) is 32.4 Å². The van der Waals surface area contributed by atoms with Crippen molar-refractivity contribution in [2.24, 2.45) is 33.8 Å². The van der Waals surface area contributed by atoms with Gasteiger partial charge in [0.2, 0.25) is 27.6 Å². The maximum atomic E-state index is 14.3. The number of hydrogen-bond donors (Lipinski definition) is 4. The molecular weight excluding hydrogens is 612 g/mol. The first-order valence-corrected chi connectivity index (χ1v) is 17.5. The summed E-state index contributed by atoms with van der Waals surface area (Å²) in [5, 5.41) is 8.41. The lowest BCUT2D eigenvalue weighted by Crippen LogP contribution is -2.63. The third-order valence-corrected chi connectivity index (χ3v) is 12.1. The van der Waals surface area contributed by atoms with Crippen molar-refractivity contribution in [3.63, 3.8) is 0 Å². The van der Waals surface area contributed by atoms with E-state index in [1.807, 2.05) is 41.5 Å². The van der Waals surface area contributed by atoms with Crippen LogP contribution in [0.5, 0.6) is 0 Å². The van der Waals surface area contributed by atoms with E-state index < -0.39 is 79.3 Å². The normalized spacial score (nSPS) is 23.2. The highest BCUT2D eigenvalue weighted by Crippen LogP contribution is 2.65. The summed E-state index contributed by atoms with van der Waals surface area (Å²) in [5.41, 5.74) is 3.71. The van der Waals surface area contributed by atoms with Crippen molar-refractivity contribution < 1.29 is 32.4 Å². The van der Waals surface area contributed by atoms with E-state index in [0.717, 1.165) is 0 Å². The van der Waals surface area contributed by atoms with E-state index in [2.05, 4.69) is 16.0 Å². The molecule has 5 amide bonds. The molecule has 2 rings (SSSR count). The van der Waals surface area contributed by atoms with Crippen LogP contribution in [0.15, 0.2) is 0 Å². The molecule has 5 N–H and O–H groups in total. The number of carbonyl (C=O) groups is 5. The topological polar surface area (TPSA) is 188 Å². The number of hydrogen-bond acceptors (Lipinski definition) is 7. The minimum atomic E-state index is -3.67. The summed E-state index contributed by atoms with van der Waals surface area (Å²) in [6, 6.07) is -4.29. The third-order valence-electron chi connectivity index (χ3n) is 9.58. The third kappa shape index (κ3) is 8.39. The SMILES string of the molecule is CCCC(NC(=O)[C@@H]1[C@@H]2[C@H](CN1C(=O)[C@@H](NC(=O)N[C@H](CN(C)S(=O)(=O)C(C)(C)C)C(C)(C)C)C(C)(C)C)C2(C)C)C(=O)C(N)=O. The fourth-order valence-corrected chi connectivity index (χ4v) is 7.58. The number of nitrogens with one attached hydrogen (secondary N) is 3. The van der Waals surface area contributed by atoms with Crippen molar-refractivity contribution >= 4 is 39.6 Å². The average molecular weight is 671 g/mol. The molecule has 0 aromatic rings. The van der Waals surface area contributed by atoms with Gasteiger partial charge in [0.15, 0.2) is 0 Å². The van der Waals surface area contributed by atoms with Gasteiger partial charge in [0.25, 0.3) is 5.91 Å². The molecular formula is C32H58N6O7S. The fourth-order valence-electron chi connectivity index (χ4n) is 6.30. The van der Waals surface area contributed by atoms with Gasteiger partial charge in [0, 0.05) is 26.2 Å². The Morgan fingerprint density at radius 1 is 0.935 bits per heavy atom. The van der Waals surface area contributed by atoms with E-state index in [1.165, 1.54) is 16.3 Å². The van der Waals surface area contributed by atoms with E-state index in [4.69, 9.17) is 5.73 Å². The second-order valence-corrected chi connectivity index (χ2v) is 19.5. The number of carbonyl (C=O) groups excluding carboxylic acids is 5. The van der Waals surface area contributed by atoms with Crippen molar-refractivity contribution in [2.45, 2.75) is 125 Å². The van der Waals surface area contributed by atoms with Gasteiger partial charge in [-0.2, -0.15) is 0 Å². The molecule has 2 fully saturated rings. The maximum Gasteiger partial charge on any atom is 0.315 e. The molecule has 1 unspecified atom stereocenters. The number of primary amides is 1. The number of Topliss-reactive ketones (excluding diaryl/α,β-unsaturated/α-hetero) is 1. The van der Waals surface area contributed by atoms with Gasteiger partial charge >= 0.3 is 6.03 Å². The first-order valence-electron chi connectivity index (χ1n) is 16.1. The molecule has 0 spiro atoms. The Balaban J connectivity index is 2.34. The fraction of sp³-hybridized carbons (Fsp3) is 0.844. The lowest BCUT2D eigenvalue weighted by Gasteiger charge is -2.39. The van der Waals surface area contributed by atoms with Gasteiger partial charge in [0.05, 0.1) is 10.8 Å². The molecule has 0 aromatic heterocycles. The van der Waals surface area contributed by atoms with Gasteiger partial charge < -0.3 is 26.6 Å². The number of urea groups is 1. The van der Waals surface area contributed by atoms with E-state index in [0.29, 0.717) is 13.0 Å². The van der Waals surface area contributed by atoms with Crippen LogP contribution >= 0.6 is 0 Å². The zero-order chi connectivity index (χ0) is 36.0. The lowest BCUT2D eigenvalue weighted by atomic mass is 9.85. The second-order valence-electron chi connectivity index (χ2n) is 16.7. The highest BCUT2D eigenvalue weighted by Gasteiger charge is 2.70. The first-order chi connectivity index (χ1) is 20.6. The predicted molar refractivity (Wildman–Crippen MR) is 177 cm³/mol. The molecule has 1 heterocycles. The minimum absolute atomic E-state index is 0.0143. The number of fused-ring (bicyclic) bond motifs is 1. The van der Waals surface area contributed by atoms with Crippen LogP contribution in [-0.4, -0.2) is 96.2 Å². The molecule has 2 aliphatic rings. The van der Waals surface area contributed by atoms with Crippen LogP contribution in [0.2, 0.25) is 0 Å². The average Bonchev–Trinajstić information content (AvgIpc) is 3.20. The molecule has 264 valence electrons. The quantitative estimate of drug-likeness (QED) is 0.229. The summed E-state index contributed by atoms with van der Waals surface area (Å²) in [4.78, 5) is 67.1. The summed E-state index contributed by atoms with van der Waals surface area (Å²) in [6.07, 6.45) is 0.743. The largest absolute Gasteiger partial charge is 0.363 e. The van der Waals surface area contributed by atoms with Crippen LogP contribution < -0.4 is 21.7 Å². The number of piperidine rings is 1. The molecule has 1 saturated carbocycles. The summed E-state index contributed by atoms with van der Waals surface area (Å²) in [6.45, 7) is 22.1. The molecule has 1 aliphatic heterocycles. The highest BCUT2D eigenvalue weighted by atomic mass is 32.2. The number of rotatable bonds is 12. The van der Waals surface area contributed by atoms with Crippen LogP contribution in [0.1, 0.15) is 95.9 Å². The maximum absolute atomic E-state index is 14.3. The second kappa shape index (κ2) is 13.4. The Kier molecular flexibility index (Phi) is 11.5. The Bertz CT molecular complexity index is 1310. The summed E-state index contributed by atoms with van der Waals surface area (Å²) in [7, 11) is -2.19. The minimum Gasteiger partial charge on any atom is -0.363 e. The molecule has 46 heavy (non-hydrogen) atoms. The van der Waals surface area contributed by atoms with Crippen molar-refractivity contribution in [1.82, 2.24) is 25.2 Å². The first kappa shape index (κ1) is 39.4. The van der Waals surface area contributed by atoms with Crippen LogP contribution in [0.25, 0.3) is 0 Å². The molecule has 0 aromatic carbocycles. The highest BCUT2D eigenvalue weighted by molar-refractivity contribution is 7.90. The summed E-state index contributed by atoms with van der Waals surface area (Å²) < 4.78 is 26.3. The molecule has 1 saturated heterocycles. The molecule has 14 heteroatoms. The van der Waals surface area contributed by atoms with Crippen molar-refractivity contribution in [3.05, 3.63) is 0 Å². The number of likely N-dealkylation sites (N-methyl/N-ethyl adjacent to an activating group) is 1. The number of ketones is 1. The van der Waals surface area contributed by atoms with Gasteiger partial charge in [-0.1, -0.05) is 68.7 Å². The van der Waals surface area contributed by atoms with Crippen LogP contribution in [0.3, 0.4) is 0 Å². The molecule has 0 radical (unpaired) electrons. The van der Waals surface area contributed by atoms with Gasteiger partial charge in [0.1, 0.15) is 12.1 Å². The van der Waals surface area contributed by atoms with Crippen molar-refractivity contribution in [1.29, 1.82) is 0 Å². The van der Waals surface area contributed by atoms with E-state index in [1.54, 1.807) is 41.5 Å². The van der Waals surface area contributed by atoms with Crippen molar-refractivity contribution in [3.8, 4) is 0 Å². The Labute approximate surface area is 275 Å². The summed E-state index contributed by atoms with van der Waals surface area (Å²) >= 11 is 0. The monoisotopic (exact) mass is 670 g/mol. The number of likely N-dealkylation sites (tertiary alicyclic amines) is 1. The number of nitrogens with two attached hydrogens (primary N) is 1. The van der Waals surface area contributed by atoms with Crippen LogP contribution in [0.4, 0.5) is 4.79 Å². The Morgan fingerprint density at radius 3 is 1.91 bits per heavy atom. The zero-order valence-corrected chi connectivity index (χ0v) is 30.8. The summed E-state index contributed by atoms with van der Waals surface area (Å²) in [5.74, 6) is -3.13. The van der Waals surface area contributed by atoms with Gasteiger partial charge in [-0.05, 0) is 55.3 Å². The number of sulfonamides is 1. The molecule has 6 atom stereocenters. The van der Waals surface area contributed by atoms with E-state index in [-0.39, 0.29) is 30.2 Å². The standard InChI is InChI=1S/C32H58N6O7S/c1-14-15-19(23(39)25(33)40)34-26(41)22-21-18(32(21,11)12)16-38(22)27(42)24(30(5,6)7)36-28(43)35-20(29(2,3)4)17-37(13)46(44,45)31(8,9)10/h18-22,24H,14-17H2,1-13H3,(H2,33,40)(H,34,41)(H2,35,36,43)/t18-,19?,20+,21-,22-,24+/m0/s1. The van der Waals surface area contributed by atoms with E-state index >= 15 is 0 Å². The molecule has 1 aliphatic carbocycles. The smallest absolute Gasteiger partial charge is 0.315 e. The number of amides is 5. The Morgan fingerprint density at radius 2 is 1.48 bits per heavy atom. The van der Waals surface area contributed by atoms with Crippen LogP contribution in [0, 0.1) is 28.1 Å². The van der Waals surface area contributed by atoms with Crippen LogP contribution in [-0.2, 0) is 29.2 Å². The van der Waals surface area contributed by atoms with Gasteiger partial charge in [-0.25, -0.2) is 17.5 Å². The van der Waals surface area contributed by atoms with Gasteiger partial charge in [-0.3, -0.25) is 19.2 Å². The predicted octanol–water partition coefficient (Wildman–Crippen LogP) is 2.00. The molecule has 0 bridgehead atoms. The Hall–Kier alpha value is -2.74. The van der Waals surface area contributed by atoms with Gasteiger partial charge in [-0.15, -0.1) is 0 Å². The molecule has 13 nitrogen and oxygen atoms in total. The zero-order valence-electron chi connectivity index (χ0n) is 30.0. The lowest BCUT2D eigenvalue weighted by molar-refractivity contribution is -0.145. The van der Waals surface area contributed by atoms with Crippen molar-refractivity contribution in [2.75, 3.05) is 20.1 Å². The number of nitrogens with zero attached hydrogens (tertiary/aromatic N) is 2.